The number of hydrogen-bond acceptors (Lipinski definition) is 5. The van der Waals surface area contributed by atoms with Crippen molar-refractivity contribution in [1.29, 1.82) is 0 Å². The summed E-state index contributed by atoms with van der Waals surface area (Å²) in [5, 5.41) is 12.8. The molecule has 8 heteroatoms. The molecule has 0 heterocycles. The zero-order valence-electron chi connectivity index (χ0n) is 18.0. The van der Waals surface area contributed by atoms with Crippen molar-refractivity contribution in [1.82, 2.24) is 5.32 Å². The van der Waals surface area contributed by atoms with Crippen molar-refractivity contribution < 1.29 is 23.5 Å². The van der Waals surface area contributed by atoms with Crippen LogP contribution >= 0.6 is 0 Å². The molecule has 1 amide bonds. The van der Waals surface area contributed by atoms with Crippen LogP contribution in [-0.2, 0) is 22.4 Å². The summed E-state index contributed by atoms with van der Waals surface area (Å²) in [4.78, 5) is 24.1. The summed E-state index contributed by atoms with van der Waals surface area (Å²) in [5.41, 5.74) is 13.0. The number of nitrogens with two attached hydrogens (primary N) is 2. The number of Topliss-reactive ketones (excluding diaryl/α,β-unsaturated/α-hetero) is 1. The molecule has 0 aromatic heterocycles. The molecule has 6 nitrogen and oxygen atoms in total. The number of benzene rings is 2. The van der Waals surface area contributed by atoms with Crippen molar-refractivity contribution in [2.24, 2.45) is 11.5 Å². The van der Waals surface area contributed by atoms with Crippen molar-refractivity contribution in [3.63, 3.8) is 0 Å². The van der Waals surface area contributed by atoms with Gasteiger partial charge in [0.05, 0.1) is 0 Å². The molecule has 0 saturated carbocycles. The zero-order chi connectivity index (χ0) is 23.5. The number of carbonyl (C=O) groups excluding carboxylic acids is 2. The van der Waals surface area contributed by atoms with Crippen molar-refractivity contribution in [3.05, 3.63) is 71.3 Å². The highest BCUT2D eigenvalue weighted by atomic mass is 19.1. The Balaban J connectivity index is 1.61. The molecule has 0 aliphatic rings. The van der Waals surface area contributed by atoms with E-state index in [-0.39, 0.29) is 43.1 Å². The standard InChI is InChI=1S/C24H31F2N3O3/c25-18-10-11-20(26)17(13-18)14-19(27)15-29-23(31)9-5-4-8-22(30)24(32)21(28)12-16-6-2-1-3-7-16/h1-3,6-7,10-11,13,19,21,24,32H,4-5,8-9,12,14-15,27-28H2,(H,29,31). The number of hydrogen-bond donors (Lipinski definition) is 4. The molecule has 0 aliphatic carbocycles. The van der Waals surface area contributed by atoms with E-state index in [1.165, 1.54) is 0 Å². The Kier molecular flexibility index (Phi) is 10.4. The molecule has 6 N–H and O–H groups in total. The van der Waals surface area contributed by atoms with Gasteiger partial charge < -0.3 is 21.9 Å². The van der Waals surface area contributed by atoms with Gasteiger partial charge in [0.1, 0.15) is 17.7 Å². The first-order valence-corrected chi connectivity index (χ1v) is 10.7. The Morgan fingerprint density at radius 1 is 0.969 bits per heavy atom. The molecular formula is C24H31F2N3O3. The molecule has 2 aromatic carbocycles. The zero-order valence-corrected chi connectivity index (χ0v) is 18.0. The molecule has 2 aromatic rings. The van der Waals surface area contributed by atoms with Crippen LogP contribution in [0.2, 0.25) is 0 Å². The number of aliphatic hydroxyl groups excluding tert-OH is 1. The summed E-state index contributed by atoms with van der Waals surface area (Å²) in [5.74, 6) is -1.66. The number of rotatable bonds is 13. The van der Waals surface area contributed by atoms with Gasteiger partial charge in [0, 0.05) is 31.5 Å². The van der Waals surface area contributed by atoms with Crippen LogP contribution in [-0.4, -0.2) is 41.5 Å². The van der Waals surface area contributed by atoms with E-state index in [2.05, 4.69) is 5.32 Å². The van der Waals surface area contributed by atoms with Gasteiger partial charge in [0.2, 0.25) is 5.91 Å². The molecule has 0 fully saturated rings. The first kappa shape index (κ1) is 25.6. The number of amides is 1. The maximum Gasteiger partial charge on any atom is 0.220 e. The van der Waals surface area contributed by atoms with Gasteiger partial charge in [-0.2, -0.15) is 0 Å². The third-order valence-corrected chi connectivity index (χ3v) is 5.18. The first-order chi connectivity index (χ1) is 15.3. The van der Waals surface area contributed by atoms with Crippen molar-refractivity contribution in [2.75, 3.05) is 6.54 Å². The Bertz CT molecular complexity index is 880. The van der Waals surface area contributed by atoms with E-state index in [1.54, 1.807) is 0 Å². The topological polar surface area (TPSA) is 118 Å². The summed E-state index contributed by atoms with van der Waals surface area (Å²) in [6.07, 6.45) is 0.490. The van der Waals surface area contributed by atoms with E-state index < -0.39 is 29.8 Å². The first-order valence-electron chi connectivity index (χ1n) is 10.7. The van der Waals surface area contributed by atoms with Gasteiger partial charge in [-0.3, -0.25) is 9.59 Å². The molecule has 3 atom stereocenters. The minimum atomic E-state index is -1.25. The van der Waals surface area contributed by atoms with Crippen LogP contribution in [0, 0.1) is 11.6 Å². The van der Waals surface area contributed by atoms with Gasteiger partial charge in [-0.1, -0.05) is 30.3 Å². The lowest BCUT2D eigenvalue weighted by atomic mass is 9.97. The average Bonchev–Trinajstić information content (AvgIpc) is 2.77. The molecule has 0 radical (unpaired) electrons. The number of halogens is 2. The predicted octanol–water partition coefficient (Wildman–Crippen LogP) is 2.01. The van der Waals surface area contributed by atoms with Crippen LogP contribution in [0.1, 0.15) is 36.8 Å². The monoisotopic (exact) mass is 447 g/mol. The quantitative estimate of drug-likeness (QED) is 0.350. The molecule has 32 heavy (non-hydrogen) atoms. The van der Waals surface area contributed by atoms with Crippen LogP contribution in [0.5, 0.6) is 0 Å². The van der Waals surface area contributed by atoms with Crippen LogP contribution < -0.4 is 16.8 Å². The number of unbranched alkanes of at least 4 members (excludes halogenated alkanes) is 1. The predicted molar refractivity (Wildman–Crippen MR) is 119 cm³/mol. The lowest BCUT2D eigenvalue weighted by Crippen LogP contribution is -2.42. The summed E-state index contributed by atoms with van der Waals surface area (Å²) in [6.45, 7) is 0.126. The van der Waals surface area contributed by atoms with Gasteiger partial charge in [0.25, 0.3) is 0 Å². The summed E-state index contributed by atoms with van der Waals surface area (Å²) in [7, 11) is 0. The number of nitrogens with one attached hydrogen (secondary N) is 1. The highest BCUT2D eigenvalue weighted by Crippen LogP contribution is 2.12. The highest BCUT2D eigenvalue weighted by Gasteiger charge is 2.22. The normalized spacial score (nSPS) is 13.9. The molecule has 0 saturated heterocycles. The Labute approximate surface area is 187 Å². The van der Waals surface area contributed by atoms with E-state index in [0.29, 0.717) is 19.3 Å². The van der Waals surface area contributed by atoms with Gasteiger partial charge >= 0.3 is 0 Å². The van der Waals surface area contributed by atoms with Crippen molar-refractivity contribution >= 4 is 11.7 Å². The van der Waals surface area contributed by atoms with E-state index in [4.69, 9.17) is 11.5 Å². The Morgan fingerprint density at radius 2 is 1.66 bits per heavy atom. The average molecular weight is 448 g/mol. The van der Waals surface area contributed by atoms with E-state index in [0.717, 1.165) is 23.8 Å². The Morgan fingerprint density at radius 3 is 2.38 bits per heavy atom. The SMILES string of the molecule is NC(CNC(=O)CCCCC(=O)C(O)C(N)Cc1ccccc1)Cc1cc(F)ccc1F. The number of ketones is 1. The fourth-order valence-electron chi connectivity index (χ4n) is 3.36. The molecule has 174 valence electrons. The largest absolute Gasteiger partial charge is 0.384 e. The van der Waals surface area contributed by atoms with E-state index in [1.807, 2.05) is 30.3 Å². The minimum absolute atomic E-state index is 0.0967. The summed E-state index contributed by atoms with van der Waals surface area (Å²) < 4.78 is 26.9. The summed E-state index contributed by atoms with van der Waals surface area (Å²) in [6, 6.07) is 11.3. The van der Waals surface area contributed by atoms with Gasteiger partial charge in [-0.15, -0.1) is 0 Å². The fourth-order valence-corrected chi connectivity index (χ4v) is 3.36. The maximum absolute atomic E-state index is 13.7. The van der Waals surface area contributed by atoms with E-state index >= 15 is 0 Å². The molecule has 0 bridgehead atoms. The second kappa shape index (κ2) is 13.0. The molecule has 0 aliphatic heterocycles. The van der Waals surface area contributed by atoms with Crippen LogP contribution in [0.3, 0.4) is 0 Å². The van der Waals surface area contributed by atoms with Crippen LogP contribution in [0.15, 0.2) is 48.5 Å². The second-order valence-electron chi connectivity index (χ2n) is 7.98. The lowest BCUT2D eigenvalue weighted by Gasteiger charge is -2.18. The van der Waals surface area contributed by atoms with Crippen molar-refractivity contribution in [3.8, 4) is 0 Å². The molecule has 3 unspecified atom stereocenters. The third-order valence-electron chi connectivity index (χ3n) is 5.18. The molecular weight excluding hydrogens is 416 g/mol. The van der Waals surface area contributed by atoms with Gasteiger partial charge in [-0.05, 0) is 55.0 Å². The Hall–Kier alpha value is -2.68. The van der Waals surface area contributed by atoms with Crippen LogP contribution in [0.25, 0.3) is 0 Å². The lowest BCUT2D eigenvalue weighted by molar-refractivity contribution is -0.128. The van der Waals surface area contributed by atoms with Gasteiger partial charge in [0.15, 0.2) is 5.78 Å². The highest BCUT2D eigenvalue weighted by molar-refractivity contribution is 5.83. The minimum Gasteiger partial charge on any atom is -0.384 e. The van der Waals surface area contributed by atoms with E-state index in [9.17, 15) is 23.5 Å². The summed E-state index contributed by atoms with van der Waals surface area (Å²) >= 11 is 0. The molecule has 2 rings (SSSR count). The fraction of sp³-hybridized carbons (Fsp3) is 0.417. The number of aliphatic hydroxyl groups is 1. The second-order valence-corrected chi connectivity index (χ2v) is 7.98. The molecule has 0 spiro atoms. The van der Waals surface area contributed by atoms with Gasteiger partial charge in [-0.25, -0.2) is 8.78 Å². The maximum atomic E-state index is 13.7. The van der Waals surface area contributed by atoms with Crippen molar-refractivity contribution in [2.45, 2.75) is 56.7 Å². The number of carbonyl (C=O) groups is 2. The van der Waals surface area contributed by atoms with Crippen LogP contribution in [0.4, 0.5) is 8.78 Å². The third kappa shape index (κ3) is 8.82. The smallest absolute Gasteiger partial charge is 0.220 e.